The molecule has 0 amide bonds. The number of rotatable bonds is 4. The molecule has 126 valence electrons. The molecular formula is C19H24N4O. The van der Waals surface area contributed by atoms with E-state index in [-0.39, 0.29) is 6.10 Å². The quantitative estimate of drug-likeness (QED) is 0.939. The van der Waals surface area contributed by atoms with Gasteiger partial charge in [0.15, 0.2) is 0 Å². The van der Waals surface area contributed by atoms with Crippen LogP contribution in [0.4, 0.5) is 0 Å². The summed E-state index contributed by atoms with van der Waals surface area (Å²) in [5, 5.41) is 19.5. The van der Waals surface area contributed by atoms with Gasteiger partial charge in [-0.2, -0.15) is 0 Å². The number of nitrogens with zero attached hydrogens (tertiary/aromatic N) is 4. The van der Waals surface area contributed by atoms with Gasteiger partial charge in [-0.05, 0) is 43.2 Å². The van der Waals surface area contributed by atoms with Crippen LogP contribution >= 0.6 is 0 Å². The van der Waals surface area contributed by atoms with Crippen molar-refractivity contribution in [2.24, 2.45) is 0 Å². The molecule has 0 bridgehead atoms. The summed E-state index contributed by atoms with van der Waals surface area (Å²) >= 11 is 0. The first-order chi connectivity index (χ1) is 11.8. The van der Waals surface area contributed by atoms with Gasteiger partial charge in [0.2, 0.25) is 0 Å². The normalized spacial score (nSPS) is 24.6. The smallest absolute Gasteiger partial charge is 0.147 e. The third-order valence-electron chi connectivity index (χ3n) is 5.54. The van der Waals surface area contributed by atoms with Crippen molar-refractivity contribution in [2.45, 2.75) is 63.3 Å². The highest BCUT2D eigenvalue weighted by Crippen LogP contribution is 2.44. The van der Waals surface area contributed by atoms with Crippen LogP contribution in [0.2, 0.25) is 0 Å². The van der Waals surface area contributed by atoms with E-state index in [9.17, 15) is 5.11 Å². The van der Waals surface area contributed by atoms with Gasteiger partial charge in [0.05, 0.1) is 12.6 Å². The first-order valence-corrected chi connectivity index (χ1v) is 9.21. The van der Waals surface area contributed by atoms with Gasteiger partial charge in [-0.25, -0.2) is 0 Å². The van der Waals surface area contributed by atoms with Crippen LogP contribution in [0.15, 0.2) is 24.3 Å². The van der Waals surface area contributed by atoms with Crippen molar-refractivity contribution in [3.63, 3.8) is 0 Å². The maximum Gasteiger partial charge on any atom is 0.147 e. The Morgan fingerprint density at radius 3 is 2.67 bits per heavy atom. The summed E-state index contributed by atoms with van der Waals surface area (Å²) in [6, 6.07) is 8.91. The summed E-state index contributed by atoms with van der Waals surface area (Å²) in [5.74, 6) is 2.99. The summed E-state index contributed by atoms with van der Waals surface area (Å²) in [7, 11) is 0. The highest BCUT2D eigenvalue weighted by molar-refractivity contribution is 5.30. The molecule has 24 heavy (non-hydrogen) atoms. The Morgan fingerprint density at radius 2 is 1.88 bits per heavy atom. The Bertz CT molecular complexity index is 748. The average Bonchev–Trinajstić information content (AvgIpc) is 3.50. The second-order valence-electron chi connectivity index (χ2n) is 7.56. The second-order valence-corrected chi connectivity index (χ2v) is 7.56. The molecule has 1 unspecified atom stereocenters. The van der Waals surface area contributed by atoms with Crippen LogP contribution in [0.5, 0.6) is 0 Å². The highest BCUT2D eigenvalue weighted by atomic mass is 16.3. The van der Waals surface area contributed by atoms with Crippen molar-refractivity contribution >= 4 is 0 Å². The lowest BCUT2D eigenvalue weighted by Crippen LogP contribution is -2.25. The molecule has 0 saturated heterocycles. The van der Waals surface area contributed by atoms with E-state index in [0.29, 0.717) is 12.0 Å². The minimum atomic E-state index is -0.352. The van der Waals surface area contributed by atoms with Crippen LogP contribution in [0.25, 0.3) is 0 Å². The van der Waals surface area contributed by atoms with E-state index in [1.54, 1.807) is 0 Å². The topological polar surface area (TPSA) is 54.2 Å². The minimum absolute atomic E-state index is 0.352. The van der Waals surface area contributed by atoms with Gasteiger partial charge in [-0.1, -0.05) is 24.3 Å². The molecule has 0 spiro atoms. The number of hydrogen-bond acceptors (Lipinski definition) is 4. The number of fused-ring (bicyclic) bond motifs is 1. The Labute approximate surface area is 142 Å². The predicted molar refractivity (Wildman–Crippen MR) is 90.4 cm³/mol. The average molecular weight is 324 g/mol. The summed E-state index contributed by atoms with van der Waals surface area (Å²) in [6.07, 6.45) is 5.51. The first kappa shape index (κ1) is 14.6. The molecule has 2 aromatic rings. The number of aliphatic hydroxyl groups is 1. The minimum Gasteiger partial charge on any atom is -0.388 e. The fourth-order valence-corrected chi connectivity index (χ4v) is 3.91. The Balaban J connectivity index is 1.40. The van der Waals surface area contributed by atoms with Gasteiger partial charge < -0.3 is 9.67 Å². The van der Waals surface area contributed by atoms with Crippen LogP contribution in [0, 0.1) is 0 Å². The largest absolute Gasteiger partial charge is 0.388 e. The summed E-state index contributed by atoms with van der Waals surface area (Å²) in [5.41, 5.74) is 2.32. The lowest BCUT2D eigenvalue weighted by atomic mass is 10.0. The molecule has 1 N–H and O–H groups in total. The van der Waals surface area contributed by atoms with E-state index in [4.69, 9.17) is 0 Å². The van der Waals surface area contributed by atoms with Crippen LogP contribution in [0.1, 0.15) is 72.9 Å². The van der Waals surface area contributed by atoms with Crippen molar-refractivity contribution in [3.05, 3.63) is 47.0 Å². The van der Waals surface area contributed by atoms with Gasteiger partial charge >= 0.3 is 0 Å². The lowest BCUT2D eigenvalue weighted by molar-refractivity contribution is 0.148. The van der Waals surface area contributed by atoms with E-state index in [2.05, 4.69) is 37.9 Å². The summed E-state index contributed by atoms with van der Waals surface area (Å²) in [6.45, 7) is 2.60. The molecule has 2 aliphatic carbocycles. The van der Waals surface area contributed by atoms with E-state index in [0.717, 1.165) is 37.4 Å². The van der Waals surface area contributed by atoms with Crippen molar-refractivity contribution in [2.75, 3.05) is 6.54 Å². The molecule has 3 aliphatic rings. The molecule has 1 aliphatic heterocycles. The van der Waals surface area contributed by atoms with Crippen molar-refractivity contribution in [3.8, 4) is 0 Å². The molecule has 5 rings (SSSR count). The number of hydrogen-bond donors (Lipinski definition) is 1. The van der Waals surface area contributed by atoms with Gasteiger partial charge in [-0.15, -0.1) is 10.2 Å². The van der Waals surface area contributed by atoms with Crippen LogP contribution < -0.4 is 0 Å². The van der Waals surface area contributed by atoms with E-state index < -0.39 is 0 Å². The second kappa shape index (κ2) is 5.67. The number of aliphatic hydroxyl groups excluding tert-OH is 1. The van der Waals surface area contributed by atoms with Crippen LogP contribution in [0.3, 0.4) is 0 Å². The third kappa shape index (κ3) is 2.66. The zero-order valence-corrected chi connectivity index (χ0v) is 13.9. The first-order valence-electron chi connectivity index (χ1n) is 9.21. The SMILES string of the molecule is OC1CCN(Cc2nnc(C3CC3)n2C2CC2)Cc2ccccc21. The molecular weight excluding hydrogens is 300 g/mol. The Kier molecular flexibility index (Phi) is 3.45. The van der Waals surface area contributed by atoms with Crippen molar-refractivity contribution in [1.82, 2.24) is 19.7 Å². The number of benzene rings is 1. The van der Waals surface area contributed by atoms with Gasteiger partial charge in [0.1, 0.15) is 11.6 Å². The summed E-state index contributed by atoms with van der Waals surface area (Å²) < 4.78 is 2.44. The Hall–Kier alpha value is -1.72. The Morgan fingerprint density at radius 1 is 1.04 bits per heavy atom. The van der Waals surface area contributed by atoms with Crippen molar-refractivity contribution in [1.29, 1.82) is 0 Å². The van der Waals surface area contributed by atoms with Crippen LogP contribution in [-0.4, -0.2) is 31.3 Å². The van der Waals surface area contributed by atoms with E-state index in [1.165, 1.54) is 37.1 Å². The third-order valence-corrected chi connectivity index (χ3v) is 5.54. The predicted octanol–water partition coefficient (Wildman–Crippen LogP) is 2.93. The molecule has 1 aromatic heterocycles. The lowest BCUT2D eigenvalue weighted by Gasteiger charge is -2.20. The molecule has 1 atom stereocenters. The molecule has 5 heteroatoms. The molecule has 2 saturated carbocycles. The molecule has 2 fully saturated rings. The molecule has 2 heterocycles. The monoisotopic (exact) mass is 324 g/mol. The van der Waals surface area contributed by atoms with Gasteiger partial charge in [0.25, 0.3) is 0 Å². The summed E-state index contributed by atoms with van der Waals surface area (Å²) in [4.78, 5) is 2.41. The van der Waals surface area contributed by atoms with Crippen LogP contribution in [-0.2, 0) is 13.1 Å². The van der Waals surface area contributed by atoms with Crippen molar-refractivity contribution < 1.29 is 5.11 Å². The maximum atomic E-state index is 10.4. The highest BCUT2D eigenvalue weighted by Gasteiger charge is 2.36. The molecule has 0 radical (unpaired) electrons. The van der Waals surface area contributed by atoms with E-state index >= 15 is 0 Å². The fourth-order valence-electron chi connectivity index (χ4n) is 3.91. The molecule has 5 nitrogen and oxygen atoms in total. The maximum absolute atomic E-state index is 10.4. The fraction of sp³-hybridized carbons (Fsp3) is 0.579. The number of aromatic nitrogens is 3. The van der Waals surface area contributed by atoms with E-state index in [1.807, 2.05) is 6.07 Å². The zero-order chi connectivity index (χ0) is 16.1. The van der Waals surface area contributed by atoms with Gasteiger partial charge in [0, 0.05) is 25.0 Å². The molecule has 1 aromatic carbocycles. The van der Waals surface area contributed by atoms with Gasteiger partial charge in [-0.3, -0.25) is 4.90 Å². The standard InChI is InChI=1S/C19H24N4O/c24-17-9-10-22(11-14-3-1-2-4-16(14)17)12-18-20-21-19(13-5-6-13)23(18)15-7-8-15/h1-4,13,15,17,24H,5-12H2. The zero-order valence-electron chi connectivity index (χ0n) is 13.9.